The smallest absolute Gasteiger partial charge is 0.195 e. The van der Waals surface area contributed by atoms with Gasteiger partial charge in [-0.05, 0) is 24.3 Å². The molecule has 0 saturated heterocycles. The largest absolute Gasteiger partial charge is 0.388 e. The van der Waals surface area contributed by atoms with Crippen molar-refractivity contribution < 1.29 is 4.79 Å². The number of nitrogens with one attached hydrogen (secondary N) is 2. The number of ketones is 1. The molecule has 0 saturated carbocycles. The van der Waals surface area contributed by atoms with Crippen molar-refractivity contribution in [2.75, 3.05) is 12.4 Å². The lowest BCUT2D eigenvalue weighted by molar-refractivity contribution is 0.104. The molecular formula is C20H16N4O. The number of fused-ring (bicyclic) bond motifs is 1. The van der Waals surface area contributed by atoms with Gasteiger partial charge in [0.15, 0.2) is 5.78 Å². The third kappa shape index (κ3) is 2.76. The quantitative estimate of drug-likeness (QED) is 0.557. The number of H-pyrrole nitrogens is 1. The van der Waals surface area contributed by atoms with E-state index in [9.17, 15) is 4.79 Å². The Morgan fingerprint density at radius 3 is 2.80 bits per heavy atom. The van der Waals surface area contributed by atoms with Crippen LogP contribution >= 0.6 is 0 Å². The molecule has 0 radical (unpaired) electrons. The zero-order valence-electron chi connectivity index (χ0n) is 13.7. The van der Waals surface area contributed by atoms with Gasteiger partial charge in [0, 0.05) is 65.2 Å². The fourth-order valence-corrected chi connectivity index (χ4v) is 2.85. The summed E-state index contributed by atoms with van der Waals surface area (Å²) in [5, 5.41) is 3.86. The van der Waals surface area contributed by atoms with Crippen LogP contribution in [0.4, 0.5) is 5.69 Å². The fourth-order valence-electron chi connectivity index (χ4n) is 2.85. The number of anilines is 1. The van der Waals surface area contributed by atoms with Gasteiger partial charge in [-0.15, -0.1) is 0 Å². The molecular weight excluding hydrogens is 312 g/mol. The second-order valence-corrected chi connectivity index (χ2v) is 5.72. The van der Waals surface area contributed by atoms with Gasteiger partial charge in [-0.2, -0.15) is 0 Å². The molecule has 4 rings (SSSR count). The van der Waals surface area contributed by atoms with E-state index in [1.807, 2.05) is 49.5 Å². The Balaban J connectivity index is 1.80. The van der Waals surface area contributed by atoms with Gasteiger partial charge in [-0.3, -0.25) is 9.78 Å². The van der Waals surface area contributed by atoms with Crippen molar-refractivity contribution in [2.24, 2.45) is 0 Å². The lowest BCUT2D eigenvalue weighted by Gasteiger charge is -2.05. The Labute approximate surface area is 144 Å². The number of aromatic amines is 1. The number of aromatic nitrogens is 3. The summed E-state index contributed by atoms with van der Waals surface area (Å²) in [4.78, 5) is 24.6. The maximum atomic E-state index is 12.9. The standard InChI is InChI=1S/C20H16N4O/c1-21-16-6-2-4-13(8-16)19(25)18-12-24-20-17(18)9-15(11-23-20)14-5-3-7-22-10-14/h2-12,21H,1H3,(H,23,24). The first-order valence-corrected chi connectivity index (χ1v) is 7.96. The molecule has 0 spiro atoms. The molecule has 0 aliphatic rings. The molecule has 0 atom stereocenters. The van der Waals surface area contributed by atoms with Crippen LogP contribution in [0.2, 0.25) is 0 Å². The van der Waals surface area contributed by atoms with Gasteiger partial charge in [-0.1, -0.05) is 18.2 Å². The Morgan fingerprint density at radius 1 is 1.08 bits per heavy atom. The summed E-state index contributed by atoms with van der Waals surface area (Å²) in [6.07, 6.45) is 7.02. The van der Waals surface area contributed by atoms with E-state index in [2.05, 4.69) is 20.3 Å². The predicted molar refractivity (Wildman–Crippen MR) is 98.7 cm³/mol. The highest BCUT2D eigenvalue weighted by atomic mass is 16.1. The van der Waals surface area contributed by atoms with Crippen LogP contribution in [0.3, 0.4) is 0 Å². The minimum absolute atomic E-state index is 0.0338. The van der Waals surface area contributed by atoms with E-state index in [1.165, 1.54) is 0 Å². The van der Waals surface area contributed by atoms with Crippen LogP contribution in [-0.2, 0) is 0 Å². The zero-order valence-corrected chi connectivity index (χ0v) is 13.7. The molecule has 122 valence electrons. The maximum Gasteiger partial charge on any atom is 0.195 e. The Morgan fingerprint density at radius 2 is 2.00 bits per heavy atom. The monoisotopic (exact) mass is 328 g/mol. The lowest BCUT2D eigenvalue weighted by atomic mass is 10.0. The molecule has 4 aromatic rings. The van der Waals surface area contributed by atoms with Crippen molar-refractivity contribution in [3.8, 4) is 11.1 Å². The second-order valence-electron chi connectivity index (χ2n) is 5.72. The lowest BCUT2D eigenvalue weighted by Crippen LogP contribution is -2.01. The van der Waals surface area contributed by atoms with E-state index in [0.717, 1.165) is 22.2 Å². The van der Waals surface area contributed by atoms with E-state index in [4.69, 9.17) is 0 Å². The molecule has 2 N–H and O–H groups in total. The van der Waals surface area contributed by atoms with E-state index >= 15 is 0 Å². The van der Waals surface area contributed by atoms with Crippen LogP contribution < -0.4 is 5.32 Å². The maximum absolute atomic E-state index is 12.9. The molecule has 0 aliphatic carbocycles. The van der Waals surface area contributed by atoms with Crippen molar-refractivity contribution >= 4 is 22.5 Å². The first-order valence-electron chi connectivity index (χ1n) is 7.96. The van der Waals surface area contributed by atoms with Crippen LogP contribution in [-0.4, -0.2) is 27.8 Å². The fraction of sp³-hybridized carbons (Fsp3) is 0.0500. The second kappa shape index (κ2) is 6.20. The van der Waals surface area contributed by atoms with Crippen LogP contribution in [0.25, 0.3) is 22.2 Å². The molecule has 5 heteroatoms. The molecule has 5 nitrogen and oxygen atoms in total. The number of hydrogen-bond acceptors (Lipinski definition) is 4. The first-order chi connectivity index (χ1) is 12.3. The molecule has 3 aromatic heterocycles. The molecule has 25 heavy (non-hydrogen) atoms. The molecule has 1 aromatic carbocycles. The highest BCUT2D eigenvalue weighted by Crippen LogP contribution is 2.26. The number of benzene rings is 1. The summed E-state index contributed by atoms with van der Waals surface area (Å²) >= 11 is 0. The Bertz CT molecular complexity index is 1050. The topological polar surface area (TPSA) is 70.7 Å². The van der Waals surface area contributed by atoms with Crippen molar-refractivity contribution in [3.63, 3.8) is 0 Å². The van der Waals surface area contributed by atoms with Gasteiger partial charge in [0.2, 0.25) is 0 Å². The number of nitrogens with zero attached hydrogens (tertiary/aromatic N) is 2. The van der Waals surface area contributed by atoms with Crippen LogP contribution in [0.1, 0.15) is 15.9 Å². The summed E-state index contributed by atoms with van der Waals surface area (Å²) in [6.45, 7) is 0. The summed E-state index contributed by atoms with van der Waals surface area (Å²) in [5.41, 5.74) is 4.74. The number of pyridine rings is 2. The summed E-state index contributed by atoms with van der Waals surface area (Å²) < 4.78 is 0. The van der Waals surface area contributed by atoms with E-state index < -0.39 is 0 Å². The average molecular weight is 328 g/mol. The third-order valence-electron chi connectivity index (χ3n) is 4.18. The van der Waals surface area contributed by atoms with Crippen molar-refractivity contribution in [1.82, 2.24) is 15.0 Å². The molecule has 0 amide bonds. The summed E-state index contributed by atoms with van der Waals surface area (Å²) in [7, 11) is 1.83. The first kappa shape index (κ1) is 15.1. The van der Waals surface area contributed by atoms with Gasteiger partial charge < -0.3 is 10.3 Å². The molecule has 0 aliphatic heterocycles. The minimum atomic E-state index is -0.0338. The molecule has 0 bridgehead atoms. The van der Waals surface area contributed by atoms with Gasteiger partial charge >= 0.3 is 0 Å². The predicted octanol–water partition coefficient (Wildman–Crippen LogP) is 3.90. The average Bonchev–Trinajstić information content (AvgIpc) is 3.11. The van der Waals surface area contributed by atoms with Gasteiger partial charge in [0.25, 0.3) is 0 Å². The van der Waals surface area contributed by atoms with Crippen molar-refractivity contribution in [1.29, 1.82) is 0 Å². The third-order valence-corrected chi connectivity index (χ3v) is 4.18. The number of hydrogen-bond donors (Lipinski definition) is 2. The Kier molecular flexibility index (Phi) is 3.74. The van der Waals surface area contributed by atoms with Gasteiger partial charge in [0.05, 0.1) is 0 Å². The van der Waals surface area contributed by atoms with Crippen molar-refractivity contribution in [2.45, 2.75) is 0 Å². The summed E-state index contributed by atoms with van der Waals surface area (Å²) in [5.74, 6) is -0.0338. The van der Waals surface area contributed by atoms with E-state index in [-0.39, 0.29) is 5.78 Å². The number of rotatable bonds is 4. The summed E-state index contributed by atoms with van der Waals surface area (Å²) in [6, 6.07) is 13.3. The molecule has 0 fully saturated rings. The van der Waals surface area contributed by atoms with Crippen LogP contribution in [0, 0.1) is 0 Å². The number of carbonyl (C=O) groups excluding carboxylic acids is 1. The number of carbonyl (C=O) groups is 1. The van der Waals surface area contributed by atoms with E-state index in [1.54, 1.807) is 24.8 Å². The highest BCUT2D eigenvalue weighted by Gasteiger charge is 2.16. The van der Waals surface area contributed by atoms with Crippen LogP contribution in [0.15, 0.2) is 67.3 Å². The SMILES string of the molecule is CNc1cccc(C(=O)c2c[nH]c3ncc(-c4cccnc4)cc23)c1. The van der Waals surface area contributed by atoms with Gasteiger partial charge in [-0.25, -0.2) is 4.98 Å². The van der Waals surface area contributed by atoms with E-state index in [0.29, 0.717) is 16.8 Å². The van der Waals surface area contributed by atoms with Crippen molar-refractivity contribution in [3.05, 3.63) is 78.4 Å². The van der Waals surface area contributed by atoms with Gasteiger partial charge in [0.1, 0.15) is 5.65 Å². The molecule has 0 unspecified atom stereocenters. The normalized spacial score (nSPS) is 10.8. The zero-order chi connectivity index (χ0) is 17.2. The molecule has 3 heterocycles. The minimum Gasteiger partial charge on any atom is -0.388 e. The Hall–Kier alpha value is -3.47. The van der Waals surface area contributed by atoms with Crippen LogP contribution in [0.5, 0.6) is 0 Å². The highest BCUT2D eigenvalue weighted by molar-refractivity contribution is 6.16.